The molecule has 5 heteroatoms. The fraction of sp³-hybridized carbons (Fsp3) is 0.316. The number of rotatable bonds is 7. The largest absolute Gasteiger partial charge is 0.496 e. The number of methoxy groups -OCH3 is 2. The number of carbonyl (C=O) groups is 1. The second-order valence-corrected chi connectivity index (χ2v) is 5.74. The maximum Gasteiger partial charge on any atom is 0.238 e. The lowest BCUT2D eigenvalue weighted by molar-refractivity contribution is -0.117. The van der Waals surface area contributed by atoms with Crippen molar-refractivity contribution >= 4 is 11.6 Å². The van der Waals surface area contributed by atoms with Gasteiger partial charge in [-0.3, -0.25) is 9.69 Å². The number of likely N-dealkylation sites (N-methyl/N-ethyl adjacent to an activating group) is 1. The van der Waals surface area contributed by atoms with Gasteiger partial charge in [-0.15, -0.1) is 0 Å². The molecule has 128 valence electrons. The van der Waals surface area contributed by atoms with E-state index < -0.39 is 0 Å². The molecule has 24 heavy (non-hydrogen) atoms. The van der Waals surface area contributed by atoms with Crippen LogP contribution in [0.15, 0.2) is 42.5 Å². The smallest absolute Gasteiger partial charge is 0.238 e. The lowest BCUT2D eigenvalue weighted by atomic mass is 10.1. The molecule has 2 aromatic carbocycles. The van der Waals surface area contributed by atoms with E-state index in [1.54, 1.807) is 14.2 Å². The number of ether oxygens (including phenoxy) is 2. The summed E-state index contributed by atoms with van der Waals surface area (Å²) in [7, 11) is 5.15. The van der Waals surface area contributed by atoms with E-state index in [9.17, 15) is 4.79 Å². The van der Waals surface area contributed by atoms with Crippen molar-refractivity contribution < 1.29 is 14.3 Å². The van der Waals surface area contributed by atoms with Gasteiger partial charge in [-0.2, -0.15) is 0 Å². The molecule has 2 aromatic rings. The predicted octanol–water partition coefficient (Wildman–Crippen LogP) is 3.08. The molecule has 0 saturated heterocycles. The third-order valence-electron chi connectivity index (χ3n) is 3.67. The van der Waals surface area contributed by atoms with Crippen LogP contribution in [0.3, 0.4) is 0 Å². The van der Waals surface area contributed by atoms with Crippen LogP contribution in [0, 0.1) is 6.92 Å². The highest BCUT2D eigenvalue weighted by molar-refractivity contribution is 5.93. The number of hydrogen-bond donors (Lipinski definition) is 1. The third kappa shape index (κ3) is 4.73. The molecular formula is C19H24N2O3. The van der Waals surface area contributed by atoms with Gasteiger partial charge in [-0.25, -0.2) is 0 Å². The molecule has 0 radical (unpaired) electrons. The number of para-hydroxylation sites is 2. The van der Waals surface area contributed by atoms with Crippen LogP contribution in [-0.4, -0.2) is 38.6 Å². The summed E-state index contributed by atoms with van der Waals surface area (Å²) < 4.78 is 10.6. The molecule has 0 saturated carbocycles. The summed E-state index contributed by atoms with van der Waals surface area (Å²) in [4.78, 5) is 14.2. The molecule has 2 rings (SSSR count). The molecule has 0 heterocycles. The maximum atomic E-state index is 12.3. The zero-order valence-electron chi connectivity index (χ0n) is 14.6. The summed E-state index contributed by atoms with van der Waals surface area (Å²) in [5.41, 5.74) is 2.90. The van der Waals surface area contributed by atoms with Crippen LogP contribution in [-0.2, 0) is 11.3 Å². The second-order valence-electron chi connectivity index (χ2n) is 5.74. The fourth-order valence-corrected chi connectivity index (χ4v) is 2.56. The van der Waals surface area contributed by atoms with Gasteiger partial charge in [-0.05, 0) is 32.2 Å². The van der Waals surface area contributed by atoms with Crippen molar-refractivity contribution in [1.29, 1.82) is 0 Å². The molecule has 5 nitrogen and oxygen atoms in total. The first-order valence-electron chi connectivity index (χ1n) is 7.78. The van der Waals surface area contributed by atoms with Gasteiger partial charge in [0.25, 0.3) is 0 Å². The number of amides is 1. The summed E-state index contributed by atoms with van der Waals surface area (Å²) >= 11 is 0. The van der Waals surface area contributed by atoms with Crippen molar-refractivity contribution in [3.8, 4) is 11.5 Å². The number of hydrogen-bond acceptors (Lipinski definition) is 4. The fourth-order valence-electron chi connectivity index (χ4n) is 2.56. The number of carbonyl (C=O) groups excluding carboxylic acids is 1. The molecule has 0 spiro atoms. The number of nitrogens with one attached hydrogen (secondary N) is 1. The normalized spacial score (nSPS) is 10.5. The van der Waals surface area contributed by atoms with Gasteiger partial charge in [0.2, 0.25) is 5.91 Å². The van der Waals surface area contributed by atoms with Crippen molar-refractivity contribution in [3.63, 3.8) is 0 Å². The average Bonchev–Trinajstić information content (AvgIpc) is 2.55. The second kappa shape index (κ2) is 8.36. The van der Waals surface area contributed by atoms with Crippen LogP contribution in [0.1, 0.15) is 11.1 Å². The van der Waals surface area contributed by atoms with Gasteiger partial charge in [-0.1, -0.05) is 29.8 Å². The van der Waals surface area contributed by atoms with Crippen molar-refractivity contribution in [2.75, 3.05) is 33.1 Å². The first kappa shape index (κ1) is 17.8. The topological polar surface area (TPSA) is 50.8 Å². The highest BCUT2D eigenvalue weighted by atomic mass is 16.5. The number of nitrogens with zero attached hydrogens (tertiary/aromatic N) is 1. The minimum atomic E-state index is -0.0892. The van der Waals surface area contributed by atoms with E-state index in [2.05, 4.69) is 11.4 Å². The van der Waals surface area contributed by atoms with Crippen LogP contribution < -0.4 is 14.8 Å². The van der Waals surface area contributed by atoms with Gasteiger partial charge in [0.1, 0.15) is 11.5 Å². The van der Waals surface area contributed by atoms with Crippen molar-refractivity contribution in [3.05, 3.63) is 53.6 Å². The van der Waals surface area contributed by atoms with E-state index in [0.717, 1.165) is 16.9 Å². The minimum Gasteiger partial charge on any atom is -0.496 e. The van der Waals surface area contributed by atoms with Crippen LogP contribution >= 0.6 is 0 Å². The molecule has 0 unspecified atom stereocenters. The summed E-state index contributed by atoms with van der Waals surface area (Å²) in [6.45, 7) is 2.94. The van der Waals surface area contributed by atoms with Gasteiger partial charge >= 0.3 is 0 Å². The Hall–Kier alpha value is -2.53. The summed E-state index contributed by atoms with van der Waals surface area (Å²) in [6, 6.07) is 13.4. The highest BCUT2D eigenvalue weighted by Crippen LogP contribution is 2.23. The van der Waals surface area contributed by atoms with E-state index in [-0.39, 0.29) is 12.5 Å². The Morgan fingerprint density at radius 2 is 1.79 bits per heavy atom. The molecule has 1 amide bonds. The zero-order chi connectivity index (χ0) is 17.5. The Labute approximate surface area is 143 Å². The summed E-state index contributed by atoms with van der Waals surface area (Å²) in [5, 5.41) is 2.88. The molecule has 1 N–H and O–H groups in total. The molecular weight excluding hydrogens is 304 g/mol. The van der Waals surface area contributed by atoms with Gasteiger partial charge < -0.3 is 14.8 Å². The SMILES string of the molecule is COc1ccc(C)cc1CN(C)CC(=O)Nc1ccccc1OC. The maximum absolute atomic E-state index is 12.3. The molecule has 0 aliphatic carbocycles. The first-order valence-corrected chi connectivity index (χ1v) is 7.78. The van der Waals surface area contributed by atoms with Crippen molar-refractivity contribution in [1.82, 2.24) is 4.90 Å². The average molecular weight is 328 g/mol. The predicted molar refractivity (Wildman–Crippen MR) is 95.7 cm³/mol. The van der Waals surface area contributed by atoms with Crippen molar-refractivity contribution in [2.45, 2.75) is 13.5 Å². The standard InChI is InChI=1S/C19H24N2O3/c1-14-9-10-17(23-3)15(11-14)12-21(2)13-19(22)20-16-7-5-6-8-18(16)24-4/h5-11H,12-13H2,1-4H3,(H,20,22). The van der Waals surface area contributed by atoms with E-state index in [0.29, 0.717) is 18.0 Å². The van der Waals surface area contributed by atoms with Crippen LogP contribution in [0.2, 0.25) is 0 Å². The molecule has 0 aromatic heterocycles. The zero-order valence-corrected chi connectivity index (χ0v) is 14.6. The van der Waals surface area contributed by atoms with E-state index >= 15 is 0 Å². The van der Waals surface area contributed by atoms with E-state index in [4.69, 9.17) is 9.47 Å². The number of aryl methyl sites for hydroxylation is 1. The lowest BCUT2D eigenvalue weighted by Gasteiger charge is -2.19. The van der Waals surface area contributed by atoms with Crippen LogP contribution in [0.5, 0.6) is 11.5 Å². The Morgan fingerprint density at radius 3 is 2.50 bits per heavy atom. The molecule has 0 bridgehead atoms. The van der Waals surface area contributed by atoms with Crippen LogP contribution in [0.4, 0.5) is 5.69 Å². The van der Waals surface area contributed by atoms with Crippen LogP contribution in [0.25, 0.3) is 0 Å². The Balaban J connectivity index is 1.98. The lowest BCUT2D eigenvalue weighted by Crippen LogP contribution is -2.30. The van der Waals surface area contributed by atoms with E-state index in [1.165, 1.54) is 0 Å². The third-order valence-corrected chi connectivity index (χ3v) is 3.67. The first-order chi connectivity index (χ1) is 11.5. The Bertz CT molecular complexity index is 701. The Morgan fingerprint density at radius 1 is 1.08 bits per heavy atom. The van der Waals surface area contributed by atoms with Crippen molar-refractivity contribution in [2.24, 2.45) is 0 Å². The Kier molecular flexibility index (Phi) is 6.21. The monoisotopic (exact) mass is 328 g/mol. The summed E-state index contributed by atoms with van der Waals surface area (Å²) in [6.07, 6.45) is 0. The minimum absolute atomic E-state index is 0.0892. The van der Waals surface area contributed by atoms with Gasteiger partial charge in [0, 0.05) is 12.1 Å². The number of anilines is 1. The molecule has 0 aliphatic rings. The molecule has 0 atom stereocenters. The van der Waals surface area contributed by atoms with E-state index in [1.807, 2.05) is 55.3 Å². The summed E-state index contributed by atoms with van der Waals surface area (Å²) in [5.74, 6) is 1.39. The highest BCUT2D eigenvalue weighted by Gasteiger charge is 2.12. The molecule has 0 aliphatic heterocycles. The van der Waals surface area contributed by atoms with Gasteiger partial charge in [0.15, 0.2) is 0 Å². The molecule has 0 fully saturated rings. The quantitative estimate of drug-likeness (QED) is 0.848. The number of benzene rings is 2. The van der Waals surface area contributed by atoms with Gasteiger partial charge in [0.05, 0.1) is 26.5 Å².